The number of hydrogen-bond acceptors (Lipinski definition) is 1. The predicted molar refractivity (Wildman–Crippen MR) is 59.5 cm³/mol. The molecule has 80 valence electrons. The second-order valence-corrected chi connectivity index (χ2v) is 4.65. The zero-order valence-corrected chi connectivity index (χ0v) is 9.56. The summed E-state index contributed by atoms with van der Waals surface area (Å²) in [6.07, 6.45) is 1.40. The Labute approximate surface area is 93.9 Å². The summed E-state index contributed by atoms with van der Waals surface area (Å²) in [6, 6.07) is 3.87. The molecule has 1 aliphatic carbocycles. The molecular weight excluding hydrogens is 212 g/mol. The minimum atomic E-state index is -0.752. The van der Waals surface area contributed by atoms with Crippen LogP contribution in [0.1, 0.15) is 29.5 Å². The van der Waals surface area contributed by atoms with Crippen molar-refractivity contribution >= 4 is 17.6 Å². The van der Waals surface area contributed by atoms with Crippen molar-refractivity contribution in [2.45, 2.75) is 32.1 Å². The highest BCUT2D eigenvalue weighted by Gasteiger charge is 2.53. The summed E-state index contributed by atoms with van der Waals surface area (Å²) in [5, 5.41) is 9.86. The number of carboxylic acids is 1. The third-order valence-electron chi connectivity index (χ3n) is 3.18. The fourth-order valence-corrected chi connectivity index (χ4v) is 2.45. The lowest BCUT2D eigenvalue weighted by molar-refractivity contribution is -0.140. The van der Waals surface area contributed by atoms with E-state index in [0.29, 0.717) is 17.9 Å². The molecule has 0 heterocycles. The Balaban J connectivity index is 2.62. The molecular formula is C12H13ClO2. The summed E-state index contributed by atoms with van der Waals surface area (Å²) in [7, 11) is 0. The lowest BCUT2D eigenvalue weighted by Gasteiger charge is -2.16. The molecule has 1 N–H and O–H groups in total. The average Bonchev–Trinajstić information content (AvgIpc) is 2.93. The highest BCUT2D eigenvalue weighted by atomic mass is 35.5. The van der Waals surface area contributed by atoms with Crippen LogP contribution in [-0.4, -0.2) is 11.1 Å². The second-order valence-electron chi connectivity index (χ2n) is 4.28. The first kappa shape index (κ1) is 10.5. The topological polar surface area (TPSA) is 37.3 Å². The largest absolute Gasteiger partial charge is 0.481 e. The third kappa shape index (κ3) is 1.44. The molecule has 0 radical (unpaired) electrons. The summed E-state index contributed by atoms with van der Waals surface area (Å²) in [4.78, 5) is 11.2. The van der Waals surface area contributed by atoms with E-state index in [4.69, 9.17) is 11.6 Å². The van der Waals surface area contributed by atoms with Crippen molar-refractivity contribution in [2.24, 2.45) is 0 Å². The van der Waals surface area contributed by atoms with E-state index in [0.717, 1.165) is 16.7 Å². The molecule has 1 aliphatic rings. The van der Waals surface area contributed by atoms with Gasteiger partial charge in [0.2, 0.25) is 0 Å². The number of carboxylic acid groups (broad SMARTS) is 1. The molecule has 1 fully saturated rings. The van der Waals surface area contributed by atoms with E-state index in [9.17, 15) is 9.90 Å². The van der Waals surface area contributed by atoms with Gasteiger partial charge in [-0.2, -0.15) is 0 Å². The molecule has 3 heteroatoms. The van der Waals surface area contributed by atoms with Crippen LogP contribution in [0.2, 0.25) is 5.02 Å². The van der Waals surface area contributed by atoms with Gasteiger partial charge in [0, 0.05) is 5.02 Å². The van der Waals surface area contributed by atoms with Crippen LogP contribution in [0.25, 0.3) is 0 Å². The van der Waals surface area contributed by atoms with Crippen LogP contribution in [0.3, 0.4) is 0 Å². The number of aryl methyl sites for hydroxylation is 2. The lowest BCUT2D eigenvalue weighted by Crippen LogP contribution is -2.21. The Hall–Kier alpha value is -1.02. The lowest BCUT2D eigenvalue weighted by atomic mass is 9.90. The van der Waals surface area contributed by atoms with Crippen molar-refractivity contribution in [1.29, 1.82) is 0 Å². The number of carbonyl (C=O) groups is 1. The van der Waals surface area contributed by atoms with Crippen LogP contribution in [0.4, 0.5) is 0 Å². The fourth-order valence-electron chi connectivity index (χ4n) is 2.06. The Morgan fingerprint density at radius 1 is 1.33 bits per heavy atom. The van der Waals surface area contributed by atoms with E-state index in [1.807, 2.05) is 26.0 Å². The quantitative estimate of drug-likeness (QED) is 0.838. The van der Waals surface area contributed by atoms with Gasteiger partial charge < -0.3 is 5.11 Å². The van der Waals surface area contributed by atoms with Gasteiger partial charge in [-0.3, -0.25) is 4.79 Å². The molecule has 2 nitrogen and oxygen atoms in total. The number of benzene rings is 1. The van der Waals surface area contributed by atoms with Gasteiger partial charge in [-0.1, -0.05) is 23.7 Å². The maximum absolute atomic E-state index is 11.2. The highest BCUT2D eigenvalue weighted by Crippen LogP contribution is 2.52. The van der Waals surface area contributed by atoms with Gasteiger partial charge in [0.05, 0.1) is 5.41 Å². The molecule has 0 aromatic heterocycles. The van der Waals surface area contributed by atoms with E-state index in [1.165, 1.54) is 0 Å². The maximum atomic E-state index is 11.2. The van der Waals surface area contributed by atoms with Crippen LogP contribution in [0.5, 0.6) is 0 Å². The molecule has 1 saturated carbocycles. The van der Waals surface area contributed by atoms with Crippen LogP contribution in [0.15, 0.2) is 12.1 Å². The van der Waals surface area contributed by atoms with Gasteiger partial charge in [0.1, 0.15) is 0 Å². The second kappa shape index (κ2) is 3.24. The fraction of sp³-hybridized carbons (Fsp3) is 0.417. The molecule has 0 bridgehead atoms. The Morgan fingerprint density at radius 3 is 2.33 bits per heavy atom. The number of halogens is 1. The molecule has 1 aromatic rings. The highest BCUT2D eigenvalue weighted by molar-refractivity contribution is 6.32. The number of rotatable bonds is 2. The molecule has 15 heavy (non-hydrogen) atoms. The van der Waals surface area contributed by atoms with Gasteiger partial charge in [-0.15, -0.1) is 0 Å². The average molecular weight is 225 g/mol. The van der Waals surface area contributed by atoms with Crippen molar-refractivity contribution in [2.75, 3.05) is 0 Å². The monoisotopic (exact) mass is 224 g/mol. The molecule has 0 unspecified atom stereocenters. The summed E-state index contributed by atoms with van der Waals surface area (Å²) < 4.78 is 0. The minimum Gasteiger partial charge on any atom is -0.481 e. The van der Waals surface area contributed by atoms with Crippen LogP contribution in [-0.2, 0) is 10.2 Å². The number of aliphatic carboxylic acids is 1. The van der Waals surface area contributed by atoms with E-state index in [1.54, 1.807) is 0 Å². The first-order valence-electron chi connectivity index (χ1n) is 4.98. The summed E-state index contributed by atoms with van der Waals surface area (Å²) in [5.41, 5.74) is 2.04. The molecule has 0 spiro atoms. The van der Waals surface area contributed by atoms with Crippen molar-refractivity contribution in [3.05, 3.63) is 33.8 Å². The van der Waals surface area contributed by atoms with E-state index < -0.39 is 11.4 Å². The third-order valence-corrected chi connectivity index (χ3v) is 3.67. The summed E-state index contributed by atoms with van der Waals surface area (Å²) in [5.74, 6) is -0.752. The number of hydrogen-bond donors (Lipinski definition) is 1. The summed E-state index contributed by atoms with van der Waals surface area (Å²) >= 11 is 6.20. The van der Waals surface area contributed by atoms with Gasteiger partial charge in [-0.05, 0) is 43.4 Å². The smallest absolute Gasteiger partial charge is 0.314 e. The molecule has 0 atom stereocenters. The molecule has 1 aromatic carbocycles. The Kier molecular flexibility index (Phi) is 2.27. The van der Waals surface area contributed by atoms with Crippen molar-refractivity contribution in [3.8, 4) is 0 Å². The van der Waals surface area contributed by atoms with Gasteiger partial charge in [0.25, 0.3) is 0 Å². The van der Waals surface area contributed by atoms with Crippen molar-refractivity contribution in [3.63, 3.8) is 0 Å². The van der Waals surface area contributed by atoms with Gasteiger partial charge in [0.15, 0.2) is 0 Å². The standard InChI is InChI=1S/C12H13ClO2/c1-7-3-4-8(2)10(13)9(7)12(5-6-12)11(14)15/h3-4H,5-6H2,1-2H3,(H,14,15). The first-order chi connectivity index (χ1) is 6.99. The van der Waals surface area contributed by atoms with Crippen molar-refractivity contribution in [1.82, 2.24) is 0 Å². The first-order valence-corrected chi connectivity index (χ1v) is 5.36. The SMILES string of the molecule is Cc1ccc(C)c(C2(C(=O)O)CC2)c1Cl. The van der Waals surface area contributed by atoms with Crippen LogP contribution < -0.4 is 0 Å². The molecule has 0 amide bonds. The zero-order valence-electron chi connectivity index (χ0n) is 8.80. The van der Waals surface area contributed by atoms with E-state index >= 15 is 0 Å². The van der Waals surface area contributed by atoms with E-state index in [-0.39, 0.29) is 0 Å². The van der Waals surface area contributed by atoms with Gasteiger partial charge >= 0.3 is 5.97 Å². The zero-order chi connectivity index (χ0) is 11.2. The predicted octanol–water partition coefficient (Wildman–Crippen LogP) is 3.07. The molecule has 2 rings (SSSR count). The molecule has 0 aliphatic heterocycles. The Bertz CT molecular complexity index is 433. The van der Waals surface area contributed by atoms with E-state index in [2.05, 4.69) is 0 Å². The van der Waals surface area contributed by atoms with Gasteiger partial charge in [-0.25, -0.2) is 0 Å². The molecule has 0 saturated heterocycles. The Morgan fingerprint density at radius 2 is 1.87 bits per heavy atom. The maximum Gasteiger partial charge on any atom is 0.314 e. The van der Waals surface area contributed by atoms with Crippen LogP contribution in [0, 0.1) is 13.8 Å². The minimum absolute atomic E-state index is 0.620. The normalized spacial score (nSPS) is 17.5. The van der Waals surface area contributed by atoms with Crippen molar-refractivity contribution < 1.29 is 9.90 Å². The van der Waals surface area contributed by atoms with Crippen LogP contribution >= 0.6 is 11.6 Å². The summed E-state index contributed by atoms with van der Waals surface area (Å²) in [6.45, 7) is 3.83.